The van der Waals surface area contributed by atoms with E-state index in [4.69, 9.17) is 0 Å². The van der Waals surface area contributed by atoms with Crippen LogP contribution >= 0.6 is 11.3 Å². The fourth-order valence-corrected chi connectivity index (χ4v) is 3.16. The smallest absolute Gasteiger partial charge is 0.261 e. The minimum absolute atomic E-state index is 0.00755. The van der Waals surface area contributed by atoms with Gasteiger partial charge in [0.05, 0.1) is 10.9 Å². The Morgan fingerprint density at radius 3 is 2.48 bits per heavy atom. The third-order valence-corrected chi connectivity index (χ3v) is 4.78. The molecule has 0 saturated carbocycles. The van der Waals surface area contributed by atoms with E-state index in [2.05, 4.69) is 27.7 Å². The molecule has 134 valence electrons. The van der Waals surface area contributed by atoms with Crippen LogP contribution in [0.15, 0.2) is 47.8 Å². The number of amides is 2. The maximum atomic E-state index is 12.0. The average Bonchev–Trinajstić information content (AvgIpc) is 3.14. The van der Waals surface area contributed by atoms with Crippen LogP contribution in [0, 0.1) is 0 Å². The van der Waals surface area contributed by atoms with Crippen LogP contribution in [0.5, 0.6) is 0 Å². The summed E-state index contributed by atoms with van der Waals surface area (Å²) in [5.74, 6) is -0.0692. The molecule has 1 aromatic carbocycles. The lowest BCUT2D eigenvalue weighted by Gasteiger charge is -2.25. The summed E-state index contributed by atoms with van der Waals surface area (Å²) in [6, 6.07) is 13.9. The molecular weight excluding hydrogens is 334 g/mol. The standard InChI is InChI=1S/C19H25N3O2S/c1-22(2)16(15-8-4-3-5-9-15)14-21-18(23)11-6-12-20-19(24)17-10-7-13-25-17/h3-5,7-10,13,16H,6,11-12,14H2,1-2H3,(H,20,24)(H,21,23)/t16-/m1/s1. The van der Waals surface area contributed by atoms with Gasteiger partial charge in [0, 0.05) is 19.5 Å². The number of hydrogen-bond acceptors (Lipinski definition) is 4. The summed E-state index contributed by atoms with van der Waals surface area (Å²) < 4.78 is 0. The van der Waals surface area contributed by atoms with Gasteiger partial charge in [-0.2, -0.15) is 0 Å². The van der Waals surface area contributed by atoms with Gasteiger partial charge in [0.15, 0.2) is 0 Å². The summed E-state index contributed by atoms with van der Waals surface area (Å²) >= 11 is 1.41. The lowest BCUT2D eigenvalue weighted by molar-refractivity contribution is -0.121. The summed E-state index contributed by atoms with van der Waals surface area (Å²) in [5.41, 5.74) is 1.18. The van der Waals surface area contributed by atoms with Gasteiger partial charge in [-0.3, -0.25) is 9.59 Å². The van der Waals surface area contributed by atoms with Crippen molar-refractivity contribution in [1.82, 2.24) is 15.5 Å². The van der Waals surface area contributed by atoms with Gasteiger partial charge >= 0.3 is 0 Å². The third kappa shape index (κ3) is 6.32. The first-order valence-electron chi connectivity index (χ1n) is 8.37. The van der Waals surface area contributed by atoms with E-state index < -0.39 is 0 Å². The molecule has 2 N–H and O–H groups in total. The normalized spacial score (nSPS) is 12.0. The molecule has 0 radical (unpaired) electrons. The number of hydrogen-bond donors (Lipinski definition) is 2. The zero-order chi connectivity index (χ0) is 18.1. The molecule has 0 saturated heterocycles. The summed E-state index contributed by atoms with van der Waals surface area (Å²) in [7, 11) is 4.01. The number of likely N-dealkylation sites (N-methyl/N-ethyl adjacent to an activating group) is 1. The Hall–Kier alpha value is -2.18. The molecule has 0 bridgehead atoms. The van der Waals surface area contributed by atoms with Crippen molar-refractivity contribution >= 4 is 23.2 Å². The molecule has 1 aromatic heterocycles. The van der Waals surface area contributed by atoms with Crippen LogP contribution in [-0.4, -0.2) is 43.9 Å². The second-order valence-corrected chi connectivity index (χ2v) is 6.98. The quantitative estimate of drug-likeness (QED) is 0.677. The van der Waals surface area contributed by atoms with E-state index in [-0.39, 0.29) is 17.9 Å². The lowest BCUT2D eigenvalue weighted by atomic mass is 10.1. The van der Waals surface area contributed by atoms with Crippen molar-refractivity contribution in [2.45, 2.75) is 18.9 Å². The van der Waals surface area contributed by atoms with Crippen molar-refractivity contribution in [1.29, 1.82) is 0 Å². The van der Waals surface area contributed by atoms with Crippen molar-refractivity contribution in [2.24, 2.45) is 0 Å². The highest BCUT2D eigenvalue weighted by Gasteiger charge is 2.14. The molecule has 2 aromatic rings. The molecule has 0 fully saturated rings. The second kappa shape index (κ2) is 9.96. The van der Waals surface area contributed by atoms with Crippen molar-refractivity contribution in [3.05, 3.63) is 58.3 Å². The van der Waals surface area contributed by atoms with Crippen molar-refractivity contribution in [3.8, 4) is 0 Å². The van der Waals surface area contributed by atoms with E-state index in [1.165, 1.54) is 16.9 Å². The van der Waals surface area contributed by atoms with Crippen molar-refractivity contribution in [2.75, 3.05) is 27.2 Å². The van der Waals surface area contributed by atoms with Crippen LogP contribution in [0.25, 0.3) is 0 Å². The summed E-state index contributed by atoms with van der Waals surface area (Å²) in [5, 5.41) is 7.69. The monoisotopic (exact) mass is 359 g/mol. The molecule has 0 spiro atoms. The number of benzene rings is 1. The number of nitrogens with one attached hydrogen (secondary N) is 2. The van der Waals surface area contributed by atoms with Gasteiger partial charge in [0.2, 0.25) is 5.91 Å². The molecule has 0 aliphatic rings. The molecule has 2 rings (SSSR count). The molecule has 6 heteroatoms. The average molecular weight is 359 g/mol. The summed E-state index contributed by atoms with van der Waals surface area (Å²) in [6.45, 7) is 1.07. The Morgan fingerprint density at radius 1 is 1.08 bits per heavy atom. The number of rotatable bonds is 9. The molecule has 0 unspecified atom stereocenters. The van der Waals surface area contributed by atoms with Crippen LogP contribution in [-0.2, 0) is 4.79 Å². The van der Waals surface area contributed by atoms with Crippen LogP contribution < -0.4 is 10.6 Å². The van der Waals surface area contributed by atoms with E-state index >= 15 is 0 Å². The Kier molecular flexibility index (Phi) is 7.63. The van der Waals surface area contributed by atoms with Gasteiger partial charge < -0.3 is 15.5 Å². The van der Waals surface area contributed by atoms with E-state index in [1.54, 1.807) is 6.07 Å². The molecule has 25 heavy (non-hydrogen) atoms. The zero-order valence-electron chi connectivity index (χ0n) is 14.7. The highest BCUT2D eigenvalue weighted by atomic mass is 32.1. The van der Waals surface area contributed by atoms with Gasteiger partial charge in [0.25, 0.3) is 5.91 Å². The Morgan fingerprint density at radius 2 is 1.84 bits per heavy atom. The lowest BCUT2D eigenvalue weighted by Crippen LogP contribution is -2.34. The first kappa shape index (κ1) is 19.1. The molecular formula is C19H25N3O2S. The Bertz CT molecular complexity index is 657. The van der Waals surface area contributed by atoms with E-state index in [0.717, 1.165) is 0 Å². The Labute approximate surface area is 153 Å². The second-order valence-electron chi connectivity index (χ2n) is 6.03. The van der Waals surface area contributed by atoms with Crippen molar-refractivity contribution in [3.63, 3.8) is 0 Å². The van der Waals surface area contributed by atoms with Crippen molar-refractivity contribution < 1.29 is 9.59 Å². The van der Waals surface area contributed by atoms with E-state index in [0.29, 0.717) is 30.8 Å². The predicted molar refractivity (Wildman–Crippen MR) is 102 cm³/mol. The largest absolute Gasteiger partial charge is 0.354 e. The fraction of sp³-hybridized carbons (Fsp3) is 0.368. The fourth-order valence-electron chi connectivity index (χ4n) is 2.52. The molecule has 2 amide bonds. The third-order valence-electron chi connectivity index (χ3n) is 3.91. The number of thiophene rings is 1. The van der Waals surface area contributed by atoms with Crippen LogP contribution in [0.1, 0.15) is 34.1 Å². The summed E-state index contributed by atoms with van der Waals surface area (Å²) in [6.07, 6.45) is 1.03. The Balaban J connectivity index is 1.68. The highest BCUT2D eigenvalue weighted by molar-refractivity contribution is 7.12. The number of carbonyl (C=O) groups excluding carboxylic acids is 2. The van der Waals surface area contributed by atoms with Crippen LogP contribution in [0.4, 0.5) is 0 Å². The maximum Gasteiger partial charge on any atom is 0.261 e. The van der Waals surface area contributed by atoms with Gasteiger partial charge in [-0.05, 0) is 37.5 Å². The highest BCUT2D eigenvalue weighted by Crippen LogP contribution is 2.16. The van der Waals surface area contributed by atoms with Gasteiger partial charge in [-0.1, -0.05) is 36.4 Å². The SMILES string of the molecule is CN(C)[C@H](CNC(=O)CCCNC(=O)c1cccs1)c1ccccc1. The van der Waals surface area contributed by atoms with Gasteiger partial charge in [0.1, 0.15) is 0 Å². The minimum Gasteiger partial charge on any atom is -0.354 e. The number of nitrogens with zero attached hydrogens (tertiary/aromatic N) is 1. The van der Waals surface area contributed by atoms with Crippen LogP contribution in [0.3, 0.4) is 0 Å². The molecule has 1 heterocycles. The van der Waals surface area contributed by atoms with E-state index in [9.17, 15) is 9.59 Å². The first-order chi connectivity index (χ1) is 12.1. The minimum atomic E-state index is -0.0767. The van der Waals surface area contributed by atoms with Gasteiger partial charge in [-0.25, -0.2) is 0 Å². The first-order valence-corrected chi connectivity index (χ1v) is 9.25. The van der Waals surface area contributed by atoms with E-state index in [1.807, 2.05) is 43.7 Å². The predicted octanol–water partition coefficient (Wildman–Crippen LogP) is 2.68. The molecule has 1 atom stereocenters. The number of carbonyl (C=O) groups is 2. The molecule has 0 aliphatic carbocycles. The molecule has 0 aliphatic heterocycles. The molecule has 5 nitrogen and oxygen atoms in total. The summed E-state index contributed by atoms with van der Waals surface area (Å²) in [4.78, 5) is 26.6. The van der Waals surface area contributed by atoms with Gasteiger partial charge in [-0.15, -0.1) is 11.3 Å². The topological polar surface area (TPSA) is 61.4 Å². The van der Waals surface area contributed by atoms with Crippen LogP contribution in [0.2, 0.25) is 0 Å². The maximum absolute atomic E-state index is 12.0. The zero-order valence-corrected chi connectivity index (χ0v) is 15.5.